The van der Waals surface area contributed by atoms with E-state index in [0.717, 1.165) is 25.1 Å². The normalized spacial score (nSPS) is 20.5. The van der Waals surface area contributed by atoms with Crippen LogP contribution in [0.3, 0.4) is 0 Å². The summed E-state index contributed by atoms with van der Waals surface area (Å²) in [6.07, 6.45) is 2.55. The van der Waals surface area contributed by atoms with Crippen molar-refractivity contribution < 1.29 is 17.9 Å². The van der Waals surface area contributed by atoms with Crippen molar-refractivity contribution >= 4 is 28.3 Å². The van der Waals surface area contributed by atoms with Crippen molar-refractivity contribution in [1.29, 1.82) is 0 Å². The number of nitrogens with zero attached hydrogens (tertiary/aromatic N) is 1. The molecule has 0 radical (unpaired) electrons. The van der Waals surface area contributed by atoms with Crippen LogP contribution in [0.4, 0.5) is 0 Å². The van der Waals surface area contributed by atoms with Crippen molar-refractivity contribution in [1.82, 2.24) is 14.9 Å². The van der Waals surface area contributed by atoms with E-state index < -0.39 is 10.0 Å². The first kappa shape index (κ1) is 23.1. The molecule has 7 nitrogen and oxygen atoms in total. The molecule has 1 unspecified atom stereocenters. The van der Waals surface area contributed by atoms with E-state index in [9.17, 15) is 13.2 Å². The average molecular weight is 432 g/mol. The molecule has 158 valence electrons. The second kappa shape index (κ2) is 11.1. The Balaban J connectivity index is 0.00000280. The van der Waals surface area contributed by atoms with Gasteiger partial charge in [0.2, 0.25) is 15.9 Å². The summed E-state index contributed by atoms with van der Waals surface area (Å²) in [5.41, 5.74) is 2.24. The van der Waals surface area contributed by atoms with E-state index in [1.807, 2.05) is 12.1 Å². The number of amides is 1. The predicted octanol–water partition coefficient (Wildman–Crippen LogP) is 0.581. The van der Waals surface area contributed by atoms with Crippen LogP contribution in [0, 0.1) is 5.92 Å². The summed E-state index contributed by atoms with van der Waals surface area (Å²) < 4.78 is 31.0. The van der Waals surface area contributed by atoms with Gasteiger partial charge >= 0.3 is 0 Å². The van der Waals surface area contributed by atoms with Crippen molar-refractivity contribution in [3.8, 4) is 0 Å². The van der Waals surface area contributed by atoms with Crippen LogP contribution in [0.25, 0.3) is 0 Å². The van der Waals surface area contributed by atoms with Gasteiger partial charge in [-0.1, -0.05) is 24.3 Å². The van der Waals surface area contributed by atoms with Crippen molar-refractivity contribution in [2.45, 2.75) is 19.3 Å². The standard InChI is InChI=1S/C19H29N3O4S.ClH/c23-19(21-7-12-27(24,25)22-8-10-26-11-9-22)14-17-3-1-16(2-4-17)13-18-5-6-20-15-18;/h1-4,18,20H,5-15H2,(H,21,23);1H. The molecule has 0 aromatic heterocycles. The first-order chi connectivity index (χ1) is 13.0. The van der Waals surface area contributed by atoms with Gasteiger partial charge in [0.25, 0.3) is 0 Å². The number of halogens is 1. The molecule has 0 saturated carbocycles. The molecule has 0 bridgehead atoms. The zero-order chi connectivity index (χ0) is 19.1. The quantitative estimate of drug-likeness (QED) is 0.628. The molecule has 3 rings (SSSR count). The van der Waals surface area contributed by atoms with E-state index >= 15 is 0 Å². The Morgan fingerprint density at radius 2 is 1.86 bits per heavy atom. The molecule has 1 aromatic rings. The molecule has 28 heavy (non-hydrogen) atoms. The Bertz CT molecular complexity index is 715. The Labute approximate surface area is 173 Å². The van der Waals surface area contributed by atoms with Crippen LogP contribution in [0.1, 0.15) is 17.5 Å². The lowest BCUT2D eigenvalue weighted by molar-refractivity contribution is -0.120. The maximum atomic E-state index is 12.2. The zero-order valence-electron chi connectivity index (χ0n) is 16.1. The Kier molecular flexibility index (Phi) is 9.17. The molecule has 2 saturated heterocycles. The Hall–Kier alpha value is -1.19. The Morgan fingerprint density at radius 3 is 2.50 bits per heavy atom. The SMILES string of the molecule is Cl.O=C(Cc1ccc(CC2CCNC2)cc1)NCCS(=O)(=O)N1CCOCC1. The van der Waals surface area contributed by atoms with Gasteiger partial charge < -0.3 is 15.4 Å². The number of hydrogen-bond donors (Lipinski definition) is 2. The van der Waals surface area contributed by atoms with Gasteiger partial charge in [-0.2, -0.15) is 4.31 Å². The third-order valence-electron chi connectivity index (χ3n) is 5.12. The van der Waals surface area contributed by atoms with E-state index in [-0.39, 0.29) is 37.0 Å². The minimum Gasteiger partial charge on any atom is -0.379 e. The molecule has 2 aliphatic rings. The van der Waals surface area contributed by atoms with Crippen LogP contribution >= 0.6 is 12.4 Å². The van der Waals surface area contributed by atoms with Crippen molar-refractivity contribution in [2.24, 2.45) is 5.92 Å². The summed E-state index contributed by atoms with van der Waals surface area (Å²) in [5.74, 6) is 0.472. The molecule has 1 atom stereocenters. The summed E-state index contributed by atoms with van der Waals surface area (Å²) in [6, 6.07) is 8.15. The summed E-state index contributed by atoms with van der Waals surface area (Å²) >= 11 is 0. The van der Waals surface area contributed by atoms with E-state index in [0.29, 0.717) is 32.2 Å². The van der Waals surface area contributed by atoms with Gasteiger partial charge in [0.1, 0.15) is 0 Å². The van der Waals surface area contributed by atoms with Crippen LogP contribution in [-0.2, 0) is 32.4 Å². The molecule has 2 N–H and O–H groups in total. The maximum absolute atomic E-state index is 12.2. The number of ether oxygens (including phenoxy) is 1. The molecule has 0 aliphatic carbocycles. The molecular weight excluding hydrogens is 402 g/mol. The van der Waals surface area contributed by atoms with E-state index in [4.69, 9.17) is 4.74 Å². The molecular formula is C19H30ClN3O4S. The highest BCUT2D eigenvalue weighted by Crippen LogP contribution is 2.16. The maximum Gasteiger partial charge on any atom is 0.224 e. The lowest BCUT2D eigenvalue weighted by Crippen LogP contribution is -2.43. The minimum absolute atomic E-state index is 0. The third-order valence-corrected chi connectivity index (χ3v) is 6.99. The highest BCUT2D eigenvalue weighted by Gasteiger charge is 2.24. The number of sulfonamides is 1. The first-order valence-electron chi connectivity index (χ1n) is 9.64. The molecule has 2 aliphatic heterocycles. The number of hydrogen-bond acceptors (Lipinski definition) is 5. The fourth-order valence-corrected chi connectivity index (χ4v) is 4.86. The van der Waals surface area contributed by atoms with Crippen molar-refractivity contribution in [3.05, 3.63) is 35.4 Å². The lowest BCUT2D eigenvalue weighted by atomic mass is 9.97. The summed E-state index contributed by atoms with van der Waals surface area (Å²) in [4.78, 5) is 12.1. The zero-order valence-corrected chi connectivity index (χ0v) is 17.7. The number of carbonyl (C=O) groups is 1. The van der Waals surface area contributed by atoms with Crippen molar-refractivity contribution in [3.63, 3.8) is 0 Å². The lowest BCUT2D eigenvalue weighted by Gasteiger charge is -2.26. The topological polar surface area (TPSA) is 87.7 Å². The third kappa shape index (κ3) is 7.00. The van der Waals surface area contributed by atoms with Gasteiger partial charge in [0, 0.05) is 19.6 Å². The second-order valence-corrected chi connectivity index (χ2v) is 9.32. The smallest absolute Gasteiger partial charge is 0.224 e. The average Bonchev–Trinajstić information content (AvgIpc) is 3.17. The number of carbonyl (C=O) groups excluding carboxylic acids is 1. The summed E-state index contributed by atoms with van der Waals surface area (Å²) in [6.45, 7) is 3.95. The molecule has 9 heteroatoms. The number of nitrogens with one attached hydrogen (secondary N) is 2. The largest absolute Gasteiger partial charge is 0.379 e. The highest BCUT2D eigenvalue weighted by molar-refractivity contribution is 7.89. The van der Waals surface area contributed by atoms with E-state index in [2.05, 4.69) is 22.8 Å². The van der Waals surface area contributed by atoms with Gasteiger partial charge in [-0.3, -0.25) is 4.79 Å². The van der Waals surface area contributed by atoms with Gasteiger partial charge in [-0.15, -0.1) is 12.4 Å². The summed E-state index contributed by atoms with van der Waals surface area (Å²) in [5, 5.41) is 6.09. The first-order valence-corrected chi connectivity index (χ1v) is 11.2. The van der Waals surface area contributed by atoms with Crippen LogP contribution < -0.4 is 10.6 Å². The Morgan fingerprint density at radius 1 is 1.18 bits per heavy atom. The van der Waals surface area contributed by atoms with Crippen LogP contribution in [-0.4, -0.2) is 70.3 Å². The molecule has 1 aromatic carbocycles. The summed E-state index contributed by atoms with van der Waals surface area (Å²) in [7, 11) is -3.34. The fraction of sp³-hybridized carbons (Fsp3) is 0.632. The number of morpholine rings is 1. The molecule has 2 fully saturated rings. The predicted molar refractivity (Wildman–Crippen MR) is 111 cm³/mol. The van der Waals surface area contributed by atoms with Gasteiger partial charge in [-0.05, 0) is 43.0 Å². The molecule has 1 amide bonds. The van der Waals surface area contributed by atoms with Crippen LogP contribution in [0.5, 0.6) is 0 Å². The minimum atomic E-state index is -3.34. The van der Waals surface area contributed by atoms with E-state index in [1.165, 1.54) is 16.3 Å². The van der Waals surface area contributed by atoms with Gasteiger partial charge in [-0.25, -0.2) is 8.42 Å². The van der Waals surface area contributed by atoms with Gasteiger partial charge in [0.15, 0.2) is 0 Å². The van der Waals surface area contributed by atoms with E-state index in [1.54, 1.807) is 0 Å². The van der Waals surface area contributed by atoms with Crippen LogP contribution in [0.15, 0.2) is 24.3 Å². The number of rotatable bonds is 8. The molecule has 2 heterocycles. The number of benzene rings is 1. The monoisotopic (exact) mass is 431 g/mol. The van der Waals surface area contributed by atoms with Crippen molar-refractivity contribution in [2.75, 3.05) is 51.7 Å². The van der Waals surface area contributed by atoms with Crippen LogP contribution in [0.2, 0.25) is 0 Å². The van der Waals surface area contributed by atoms with Gasteiger partial charge in [0.05, 0.1) is 25.4 Å². The second-order valence-electron chi connectivity index (χ2n) is 7.23. The highest BCUT2D eigenvalue weighted by atomic mass is 35.5. The fourth-order valence-electron chi connectivity index (χ4n) is 3.54. The molecule has 0 spiro atoms.